The van der Waals surface area contributed by atoms with Gasteiger partial charge in [-0.1, -0.05) is 24.3 Å². The highest BCUT2D eigenvalue weighted by Gasteiger charge is 2.12. The number of benzene rings is 2. The van der Waals surface area contributed by atoms with Gasteiger partial charge in [-0.25, -0.2) is 0 Å². The summed E-state index contributed by atoms with van der Waals surface area (Å²) in [7, 11) is 0. The molecular weight excluding hydrogens is 382 g/mol. The van der Waals surface area contributed by atoms with Crippen LogP contribution in [-0.4, -0.2) is 28.5 Å². The highest BCUT2D eigenvalue weighted by atomic mass is 16.6. The van der Waals surface area contributed by atoms with Gasteiger partial charge in [-0.05, 0) is 53.8 Å². The Morgan fingerprint density at radius 2 is 1.83 bits per heavy atom. The number of ether oxygens (including phenoxy) is 1. The molecule has 154 valence electrons. The lowest BCUT2D eigenvalue weighted by Gasteiger charge is -2.19. The monoisotopic (exact) mass is 405 g/mol. The smallest absolute Gasteiger partial charge is 0.270 e. The van der Waals surface area contributed by atoms with Gasteiger partial charge in [0.05, 0.1) is 11.0 Å². The van der Waals surface area contributed by atoms with Crippen molar-refractivity contribution in [2.24, 2.45) is 0 Å². The predicted octanol–water partition coefficient (Wildman–Crippen LogP) is 4.17. The number of rotatable bonds is 9. The molecule has 0 bridgehead atoms. The van der Waals surface area contributed by atoms with Gasteiger partial charge in [0.1, 0.15) is 12.4 Å². The van der Waals surface area contributed by atoms with Crippen molar-refractivity contribution in [3.63, 3.8) is 0 Å². The molecule has 30 heavy (non-hydrogen) atoms. The summed E-state index contributed by atoms with van der Waals surface area (Å²) < 4.78 is 5.87. The zero-order valence-corrected chi connectivity index (χ0v) is 16.7. The maximum atomic E-state index is 11.5. The number of pyridine rings is 1. The molecule has 0 aliphatic carbocycles. The third kappa shape index (κ3) is 6.13. The molecule has 1 atom stereocenters. The fraction of sp³-hybridized carbons (Fsp3) is 0.217. The summed E-state index contributed by atoms with van der Waals surface area (Å²) in [6.07, 6.45) is 5.06. The lowest BCUT2D eigenvalue weighted by molar-refractivity contribution is -0.384. The Morgan fingerprint density at radius 3 is 2.50 bits per heavy atom. The summed E-state index contributed by atoms with van der Waals surface area (Å²) in [5.74, 6) is 0.572. The molecule has 0 fully saturated rings. The van der Waals surface area contributed by atoms with Crippen molar-refractivity contribution < 1.29 is 14.5 Å². The number of nitro benzene ring substituents is 1. The van der Waals surface area contributed by atoms with E-state index >= 15 is 0 Å². The van der Waals surface area contributed by atoms with Gasteiger partial charge >= 0.3 is 0 Å². The normalized spacial score (nSPS) is 11.5. The van der Waals surface area contributed by atoms with E-state index in [0.29, 0.717) is 12.4 Å². The van der Waals surface area contributed by atoms with Gasteiger partial charge in [0.15, 0.2) is 0 Å². The fourth-order valence-corrected chi connectivity index (χ4v) is 3.11. The molecule has 7 heteroatoms. The van der Waals surface area contributed by atoms with Gasteiger partial charge in [0.2, 0.25) is 5.91 Å². The second-order valence-electron chi connectivity index (χ2n) is 6.93. The van der Waals surface area contributed by atoms with Crippen LogP contribution in [0.1, 0.15) is 18.9 Å². The van der Waals surface area contributed by atoms with E-state index in [2.05, 4.69) is 10.3 Å². The van der Waals surface area contributed by atoms with E-state index in [-0.39, 0.29) is 17.6 Å². The third-order valence-corrected chi connectivity index (χ3v) is 4.63. The van der Waals surface area contributed by atoms with Gasteiger partial charge < -0.3 is 10.1 Å². The van der Waals surface area contributed by atoms with Crippen molar-refractivity contribution >= 4 is 11.6 Å². The quantitative estimate of drug-likeness (QED) is 0.426. The number of nitrogens with zero attached hydrogens (tertiary/aromatic N) is 2. The summed E-state index contributed by atoms with van der Waals surface area (Å²) in [5, 5.41) is 13.9. The molecule has 0 radical (unpaired) electrons. The maximum absolute atomic E-state index is 11.5. The highest BCUT2D eigenvalue weighted by molar-refractivity contribution is 5.73. The maximum Gasteiger partial charge on any atom is 0.270 e. The van der Waals surface area contributed by atoms with E-state index in [1.165, 1.54) is 13.0 Å². The van der Waals surface area contributed by atoms with E-state index in [0.717, 1.165) is 29.5 Å². The Hall–Kier alpha value is -3.74. The molecule has 0 saturated carbocycles. The molecule has 0 aliphatic rings. The Kier molecular flexibility index (Phi) is 7.10. The minimum Gasteiger partial charge on any atom is -0.491 e. The van der Waals surface area contributed by atoms with E-state index in [1.807, 2.05) is 42.5 Å². The number of nitro groups is 1. The summed E-state index contributed by atoms with van der Waals surface area (Å²) in [5.41, 5.74) is 2.84. The van der Waals surface area contributed by atoms with Crippen LogP contribution in [-0.2, 0) is 11.2 Å². The molecule has 1 amide bonds. The van der Waals surface area contributed by atoms with Gasteiger partial charge in [-0.15, -0.1) is 0 Å². The molecule has 3 rings (SSSR count). The zero-order chi connectivity index (χ0) is 21.3. The van der Waals surface area contributed by atoms with E-state index in [4.69, 9.17) is 4.74 Å². The lowest BCUT2D eigenvalue weighted by Crippen LogP contribution is -2.38. The Labute approximate surface area is 174 Å². The number of carbonyl (C=O) groups excluding carboxylic acids is 1. The average molecular weight is 405 g/mol. The number of nitrogens with one attached hydrogen (secondary N) is 1. The highest BCUT2D eigenvalue weighted by Crippen LogP contribution is 2.25. The third-order valence-electron chi connectivity index (χ3n) is 4.63. The zero-order valence-electron chi connectivity index (χ0n) is 16.7. The first-order valence-electron chi connectivity index (χ1n) is 9.65. The van der Waals surface area contributed by atoms with Crippen molar-refractivity contribution in [1.82, 2.24) is 10.3 Å². The standard InChI is InChI=1S/C23H23N3O4/c1-17(27)25-21(8-5-18-11-13-24-14-12-18)16-30-23-9-6-19(7-10-23)20-3-2-4-22(15-20)26(28)29/h2-4,6-7,9-15,21H,5,8,16H2,1H3,(H,25,27). The van der Waals surface area contributed by atoms with Crippen LogP contribution >= 0.6 is 0 Å². The summed E-state index contributed by atoms with van der Waals surface area (Å²) in [4.78, 5) is 26.1. The number of amides is 1. The molecule has 2 aromatic carbocycles. The second kappa shape index (κ2) is 10.2. The van der Waals surface area contributed by atoms with Gasteiger partial charge in [-0.3, -0.25) is 19.9 Å². The van der Waals surface area contributed by atoms with Crippen LogP contribution < -0.4 is 10.1 Å². The predicted molar refractivity (Wildman–Crippen MR) is 114 cm³/mol. The molecule has 0 spiro atoms. The first kappa shape index (κ1) is 21.0. The number of hydrogen-bond donors (Lipinski definition) is 1. The molecule has 1 heterocycles. The summed E-state index contributed by atoms with van der Waals surface area (Å²) in [6, 6.07) is 17.7. The minimum absolute atomic E-state index is 0.0557. The molecule has 1 N–H and O–H groups in total. The van der Waals surface area contributed by atoms with E-state index in [1.54, 1.807) is 24.5 Å². The van der Waals surface area contributed by atoms with Crippen LogP contribution in [0, 0.1) is 10.1 Å². The minimum atomic E-state index is -0.408. The van der Waals surface area contributed by atoms with Crippen LogP contribution in [0.5, 0.6) is 5.75 Å². The van der Waals surface area contributed by atoms with E-state index in [9.17, 15) is 14.9 Å². The van der Waals surface area contributed by atoms with Crippen molar-refractivity contribution in [1.29, 1.82) is 0 Å². The molecule has 0 aliphatic heterocycles. The largest absolute Gasteiger partial charge is 0.491 e. The SMILES string of the molecule is CC(=O)NC(CCc1ccncc1)COc1ccc(-c2cccc([N+](=O)[O-])c2)cc1. The van der Waals surface area contributed by atoms with Crippen LogP contribution in [0.4, 0.5) is 5.69 Å². The Bertz CT molecular complexity index is 991. The van der Waals surface area contributed by atoms with Crippen LogP contribution in [0.3, 0.4) is 0 Å². The molecule has 1 aromatic heterocycles. The molecule has 1 unspecified atom stereocenters. The molecule has 7 nitrogen and oxygen atoms in total. The van der Waals surface area contributed by atoms with Gasteiger partial charge in [-0.2, -0.15) is 0 Å². The summed E-state index contributed by atoms with van der Waals surface area (Å²) in [6.45, 7) is 1.84. The van der Waals surface area contributed by atoms with Crippen LogP contribution in [0.15, 0.2) is 73.1 Å². The van der Waals surface area contributed by atoms with Gasteiger partial charge in [0, 0.05) is 31.5 Å². The fourth-order valence-electron chi connectivity index (χ4n) is 3.11. The van der Waals surface area contributed by atoms with Crippen molar-refractivity contribution in [2.45, 2.75) is 25.8 Å². The Balaban J connectivity index is 1.60. The number of carbonyl (C=O) groups is 1. The second-order valence-corrected chi connectivity index (χ2v) is 6.93. The van der Waals surface area contributed by atoms with Crippen molar-refractivity contribution in [2.75, 3.05) is 6.61 Å². The number of aromatic nitrogens is 1. The number of non-ortho nitro benzene ring substituents is 1. The number of aryl methyl sites for hydroxylation is 1. The topological polar surface area (TPSA) is 94.4 Å². The number of hydrogen-bond acceptors (Lipinski definition) is 5. The van der Waals surface area contributed by atoms with Crippen molar-refractivity contribution in [3.05, 3.63) is 88.7 Å². The van der Waals surface area contributed by atoms with Crippen LogP contribution in [0.25, 0.3) is 11.1 Å². The molecule has 3 aromatic rings. The first-order chi connectivity index (χ1) is 14.5. The van der Waals surface area contributed by atoms with Crippen molar-refractivity contribution in [3.8, 4) is 16.9 Å². The van der Waals surface area contributed by atoms with E-state index < -0.39 is 4.92 Å². The Morgan fingerprint density at radius 1 is 1.10 bits per heavy atom. The first-order valence-corrected chi connectivity index (χ1v) is 9.65. The molecular formula is C23H23N3O4. The van der Waals surface area contributed by atoms with Gasteiger partial charge in [0.25, 0.3) is 5.69 Å². The summed E-state index contributed by atoms with van der Waals surface area (Å²) >= 11 is 0. The lowest BCUT2D eigenvalue weighted by atomic mass is 10.0. The molecule has 0 saturated heterocycles. The average Bonchev–Trinajstić information content (AvgIpc) is 2.76. The van der Waals surface area contributed by atoms with Crippen LogP contribution in [0.2, 0.25) is 0 Å².